The Morgan fingerprint density at radius 1 is 0.500 bits per heavy atom. The van der Waals surface area contributed by atoms with Crippen molar-refractivity contribution in [2.24, 2.45) is 9.98 Å². The second-order valence-corrected chi connectivity index (χ2v) is 6.32. The predicted molar refractivity (Wildman–Crippen MR) is 101 cm³/mol. The highest BCUT2D eigenvalue weighted by Crippen LogP contribution is 2.43. The predicted octanol–water partition coefficient (Wildman–Crippen LogP) is 5.79. The number of nitrogens with zero attached hydrogens (tertiary/aromatic N) is 2. The fraction of sp³-hybridized carbons (Fsp3) is 0. The van der Waals surface area contributed by atoms with Gasteiger partial charge in [0.1, 0.15) is 0 Å². The molecule has 0 unspecified atom stereocenters. The number of aliphatic imine (C=N–C) groups is 2. The molecule has 0 spiro atoms. The van der Waals surface area contributed by atoms with Gasteiger partial charge in [0, 0.05) is 34.3 Å². The van der Waals surface area contributed by atoms with Gasteiger partial charge in [0.25, 0.3) is 0 Å². The van der Waals surface area contributed by atoms with Gasteiger partial charge in [0.2, 0.25) is 0 Å². The minimum absolute atomic E-state index is 1.07. The van der Waals surface area contributed by atoms with Crippen LogP contribution in [0.1, 0.15) is 11.1 Å². The third-order valence-corrected chi connectivity index (χ3v) is 5.08. The molecule has 2 heterocycles. The van der Waals surface area contributed by atoms with Crippen molar-refractivity contribution in [2.75, 3.05) is 0 Å². The molecule has 4 aromatic carbocycles. The van der Waals surface area contributed by atoms with Gasteiger partial charge in [-0.3, -0.25) is 9.98 Å². The van der Waals surface area contributed by atoms with Crippen molar-refractivity contribution in [3.63, 3.8) is 0 Å². The maximum atomic E-state index is 4.53. The van der Waals surface area contributed by atoms with Crippen LogP contribution in [0.3, 0.4) is 0 Å². The molecule has 0 aromatic heterocycles. The van der Waals surface area contributed by atoms with Crippen LogP contribution in [0.15, 0.2) is 70.6 Å². The Morgan fingerprint density at radius 3 is 1.50 bits per heavy atom. The van der Waals surface area contributed by atoms with Crippen molar-refractivity contribution in [3.8, 4) is 11.1 Å². The van der Waals surface area contributed by atoms with Crippen molar-refractivity contribution >= 4 is 45.3 Å². The monoisotopic (exact) mass is 304 g/mol. The molecule has 6 rings (SSSR count). The van der Waals surface area contributed by atoms with E-state index in [-0.39, 0.29) is 0 Å². The molecule has 2 heteroatoms. The molecule has 0 bridgehead atoms. The van der Waals surface area contributed by atoms with Crippen LogP contribution in [0, 0.1) is 0 Å². The fourth-order valence-electron chi connectivity index (χ4n) is 4.01. The molecule has 0 amide bonds. The Kier molecular flexibility index (Phi) is 2.12. The number of benzene rings is 4. The van der Waals surface area contributed by atoms with Crippen molar-refractivity contribution in [3.05, 3.63) is 71.8 Å². The van der Waals surface area contributed by atoms with Gasteiger partial charge in [-0.05, 0) is 34.0 Å². The smallest absolute Gasteiger partial charge is 0.0715 e. The standard InChI is InChI=1S/C22H12N2/c1-3-13-11-23-19-9-7-15(17(5-1)21(13)19)16-8-10-20-22-14(12-24-20)4-2-6-18(16)22/h1-12H. The molecule has 110 valence electrons. The van der Waals surface area contributed by atoms with Crippen LogP contribution in [-0.2, 0) is 0 Å². The maximum Gasteiger partial charge on any atom is 0.0715 e. The summed E-state index contributed by atoms with van der Waals surface area (Å²) in [7, 11) is 0. The lowest BCUT2D eigenvalue weighted by atomic mass is 9.91. The Bertz CT molecular complexity index is 1120. The number of rotatable bonds is 1. The SMILES string of the molecule is C1=Nc2ccc(-c3ccc4c5c(cccc35)C=N4)c3cccc1c23. The third kappa shape index (κ3) is 1.41. The molecule has 0 radical (unpaired) electrons. The largest absolute Gasteiger partial charge is 0.256 e. The van der Waals surface area contributed by atoms with Crippen LogP contribution in [0.4, 0.5) is 11.4 Å². The molecular formula is C22H12N2. The number of hydrogen-bond donors (Lipinski definition) is 0. The van der Waals surface area contributed by atoms with E-state index in [2.05, 4.69) is 70.6 Å². The highest BCUT2D eigenvalue weighted by atomic mass is 14.7. The first-order valence-corrected chi connectivity index (χ1v) is 8.10. The maximum absolute atomic E-state index is 4.53. The van der Waals surface area contributed by atoms with Gasteiger partial charge in [0.15, 0.2) is 0 Å². The van der Waals surface area contributed by atoms with Gasteiger partial charge in [-0.1, -0.05) is 48.5 Å². The quantitative estimate of drug-likeness (QED) is 0.367. The summed E-state index contributed by atoms with van der Waals surface area (Å²) < 4.78 is 0. The lowest BCUT2D eigenvalue weighted by Crippen LogP contribution is -1.86. The van der Waals surface area contributed by atoms with Crippen LogP contribution in [0.2, 0.25) is 0 Å². The normalized spacial score (nSPS) is 13.5. The van der Waals surface area contributed by atoms with Gasteiger partial charge >= 0.3 is 0 Å². The van der Waals surface area contributed by atoms with E-state index in [0.717, 1.165) is 11.4 Å². The fourth-order valence-corrected chi connectivity index (χ4v) is 4.01. The summed E-state index contributed by atoms with van der Waals surface area (Å²) in [6, 6.07) is 21.6. The Hall–Kier alpha value is -3.26. The van der Waals surface area contributed by atoms with E-state index in [1.165, 1.54) is 43.8 Å². The van der Waals surface area contributed by atoms with Gasteiger partial charge in [-0.25, -0.2) is 0 Å². The van der Waals surface area contributed by atoms with E-state index >= 15 is 0 Å². The van der Waals surface area contributed by atoms with Crippen molar-refractivity contribution < 1.29 is 0 Å². The first kappa shape index (κ1) is 12.2. The molecule has 0 fully saturated rings. The second-order valence-electron chi connectivity index (χ2n) is 6.32. The minimum atomic E-state index is 1.07. The number of hydrogen-bond acceptors (Lipinski definition) is 2. The molecule has 0 N–H and O–H groups in total. The minimum Gasteiger partial charge on any atom is -0.256 e. The zero-order valence-electron chi connectivity index (χ0n) is 12.8. The van der Waals surface area contributed by atoms with Crippen molar-refractivity contribution in [1.82, 2.24) is 0 Å². The summed E-state index contributed by atoms with van der Waals surface area (Å²) >= 11 is 0. The summed E-state index contributed by atoms with van der Waals surface area (Å²) in [6.07, 6.45) is 3.92. The zero-order valence-corrected chi connectivity index (χ0v) is 12.8. The molecule has 0 aliphatic carbocycles. The van der Waals surface area contributed by atoms with Crippen LogP contribution in [-0.4, -0.2) is 12.4 Å². The van der Waals surface area contributed by atoms with E-state index in [9.17, 15) is 0 Å². The molecule has 4 aromatic rings. The molecule has 2 aliphatic rings. The summed E-state index contributed by atoms with van der Waals surface area (Å²) in [5.41, 5.74) is 7.07. The molecule has 2 aliphatic heterocycles. The van der Waals surface area contributed by atoms with E-state index < -0.39 is 0 Å². The van der Waals surface area contributed by atoms with Crippen molar-refractivity contribution in [2.45, 2.75) is 0 Å². The van der Waals surface area contributed by atoms with Crippen LogP contribution in [0.5, 0.6) is 0 Å². The van der Waals surface area contributed by atoms with Gasteiger partial charge < -0.3 is 0 Å². The molecular weight excluding hydrogens is 292 g/mol. The molecule has 0 saturated heterocycles. The van der Waals surface area contributed by atoms with Crippen molar-refractivity contribution in [1.29, 1.82) is 0 Å². The van der Waals surface area contributed by atoms with E-state index in [0.29, 0.717) is 0 Å². The van der Waals surface area contributed by atoms with E-state index in [1.54, 1.807) is 0 Å². The van der Waals surface area contributed by atoms with E-state index in [4.69, 9.17) is 0 Å². The lowest BCUT2D eigenvalue weighted by molar-refractivity contribution is 1.60. The third-order valence-electron chi connectivity index (χ3n) is 5.08. The molecule has 2 nitrogen and oxygen atoms in total. The van der Waals surface area contributed by atoms with Crippen LogP contribution in [0.25, 0.3) is 32.7 Å². The Labute approximate surface area is 138 Å². The first-order valence-electron chi connectivity index (χ1n) is 8.10. The van der Waals surface area contributed by atoms with Gasteiger partial charge in [-0.15, -0.1) is 0 Å². The summed E-state index contributed by atoms with van der Waals surface area (Å²) in [6.45, 7) is 0. The lowest BCUT2D eigenvalue weighted by Gasteiger charge is -2.12. The van der Waals surface area contributed by atoms with Gasteiger partial charge in [-0.2, -0.15) is 0 Å². The van der Waals surface area contributed by atoms with Crippen LogP contribution >= 0.6 is 0 Å². The molecule has 0 saturated carbocycles. The molecule has 0 atom stereocenters. The van der Waals surface area contributed by atoms with Gasteiger partial charge in [0.05, 0.1) is 11.4 Å². The average Bonchev–Trinajstić information content (AvgIpc) is 3.24. The highest BCUT2D eigenvalue weighted by molar-refractivity contribution is 6.19. The molecule has 24 heavy (non-hydrogen) atoms. The average molecular weight is 304 g/mol. The van der Waals surface area contributed by atoms with Crippen LogP contribution < -0.4 is 0 Å². The Morgan fingerprint density at radius 2 is 1.00 bits per heavy atom. The highest BCUT2D eigenvalue weighted by Gasteiger charge is 2.17. The first-order chi connectivity index (χ1) is 11.9. The van der Waals surface area contributed by atoms with E-state index in [1.807, 2.05) is 12.4 Å². The zero-order chi connectivity index (χ0) is 15.7. The topological polar surface area (TPSA) is 24.7 Å². The Balaban J connectivity index is 1.76. The second kappa shape index (κ2) is 4.18. The summed E-state index contributed by atoms with van der Waals surface area (Å²) in [5, 5.41) is 5.05. The summed E-state index contributed by atoms with van der Waals surface area (Å²) in [5.74, 6) is 0. The summed E-state index contributed by atoms with van der Waals surface area (Å²) in [4.78, 5) is 9.07.